The molecule has 2 aliphatic rings. The maximum absolute atomic E-state index is 11.6. The van der Waals surface area contributed by atoms with Gasteiger partial charge in [0.1, 0.15) is 6.10 Å². The molecule has 1 atom stereocenters. The molecule has 0 bridgehead atoms. The first-order chi connectivity index (χ1) is 18.2. The summed E-state index contributed by atoms with van der Waals surface area (Å²) in [6.45, 7) is 10.5. The quantitative estimate of drug-likeness (QED) is 0.406. The zero-order chi connectivity index (χ0) is 27.0. The predicted octanol–water partition coefficient (Wildman–Crippen LogP) is 5.87. The van der Waals surface area contributed by atoms with E-state index < -0.39 is 20.0 Å². The number of nitrogens with zero attached hydrogens (tertiary/aromatic N) is 1. The van der Waals surface area contributed by atoms with Crippen molar-refractivity contribution in [3.63, 3.8) is 0 Å². The number of hydrogen-bond acceptors (Lipinski definition) is 3. The molecule has 5 rings (SSSR count). The van der Waals surface area contributed by atoms with Crippen molar-refractivity contribution < 1.29 is 19.1 Å². The molecule has 1 saturated heterocycles. The highest BCUT2D eigenvalue weighted by atomic mass is 28.4. The third kappa shape index (κ3) is 4.49. The fourth-order valence-electron chi connectivity index (χ4n) is 6.62. The Kier molecular flexibility index (Phi) is 7.24. The van der Waals surface area contributed by atoms with Gasteiger partial charge in [0, 0.05) is 13.1 Å². The molecule has 0 radical (unpaired) electrons. The minimum absolute atomic E-state index is 0.119. The van der Waals surface area contributed by atoms with Crippen molar-refractivity contribution >= 4 is 24.8 Å². The average molecular weight is 530 g/mol. The number of amides is 1. The average Bonchev–Trinajstić information content (AvgIpc) is 3.22. The summed E-state index contributed by atoms with van der Waals surface area (Å²) >= 11 is 0. The summed E-state index contributed by atoms with van der Waals surface area (Å²) in [7, 11) is -2.72. The highest BCUT2D eigenvalue weighted by Crippen LogP contribution is 2.51. The highest BCUT2D eigenvalue weighted by molar-refractivity contribution is 6.99. The minimum Gasteiger partial charge on any atom is -0.465 e. The first-order valence-electron chi connectivity index (χ1n) is 13.7. The van der Waals surface area contributed by atoms with Crippen LogP contribution in [0.25, 0.3) is 0 Å². The lowest BCUT2D eigenvalue weighted by molar-refractivity contribution is -0.117. The van der Waals surface area contributed by atoms with Gasteiger partial charge in [-0.25, -0.2) is 4.79 Å². The molecule has 2 heterocycles. The van der Waals surface area contributed by atoms with Crippen LogP contribution in [0.3, 0.4) is 0 Å². The van der Waals surface area contributed by atoms with Crippen LogP contribution in [-0.2, 0) is 21.2 Å². The predicted molar refractivity (Wildman–Crippen MR) is 154 cm³/mol. The Balaban J connectivity index is 1.54. The number of piperidine rings is 1. The van der Waals surface area contributed by atoms with E-state index in [2.05, 4.69) is 107 Å². The monoisotopic (exact) mass is 529 g/mol. The van der Waals surface area contributed by atoms with E-state index in [1.54, 1.807) is 0 Å². The van der Waals surface area contributed by atoms with Crippen molar-refractivity contribution in [3.05, 3.63) is 95.6 Å². The van der Waals surface area contributed by atoms with Gasteiger partial charge in [-0.15, -0.1) is 0 Å². The summed E-state index contributed by atoms with van der Waals surface area (Å²) in [5.41, 5.74) is 3.29. The number of fused-ring (bicyclic) bond motifs is 2. The summed E-state index contributed by atoms with van der Waals surface area (Å²) in [6, 6.07) is 27.9. The number of ether oxygens (including phenoxy) is 1. The van der Waals surface area contributed by atoms with Crippen LogP contribution in [0.15, 0.2) is 78.9 Å². The molecule has 1 amide bonds. The molecule has 5 nitrogen and oxygen atoms in total. The van der Waals surface area contributed by atoms with E-state index in [0.717, 1.165) is 6.42 Å². The molecule has 0 aromatic heterocycles. The van der Waals surface area contributed by atoms with Gasteiger partial charge in [-0.1, -0.05) is 107 Å². The highest BCUT2D eigenvalue weighted by Gasteiger charge is 2.53. The Morgan fingerprint density at radius 1 is 0.974 bits per heavy atom. The second-order valence-electron chi connectivity index (χ2n) is 11.6. The lowest BCUT2D eigenvalue weighted by Gasteiger charge is -2.44. The normalized spacial score (nSPS) is 18.9. The Hall–Kier alpha value is -2.93. The molecule has 1 N–H and O–H groups in total. The Morgan fingerprint density at radius 2 is 1.55 bits per heavy atom. The van der Waals surface area contributed by atoms with Crippen molar-refractivity contribution in [1.82, 2.24) is 4.90 Å². The number of likely N-dealkylation sites (tertiary alicyclic amines) is 1. The molecule has 0 saturated carbocycles. The molecule has 3 aromatic carbocycles. The van der Waals surface area contributed by atoms with E-state index in [1.807, 2.05) is 0 Å². The number of rotatable bonds is 6. The van der Waals surface area contributed by atoms with E-state index in [-0.39, 0.29) is 11.1 Å². The van der Waals surface area contributed by atoms with Crippen LogP contribution in [-0.4, -0.2) is 44.1 Å². The van der Waals surface area contributed by atoms with Gasteiger partial charge in [0.05, 0.1) is 12.2 Å². The third-order valence-corrected chi connectivity index (χ3v) is 13.5. The van der Waals surface area contributed by atoms with Gasteiger partial charge in [-0.05, 0) is 51.4 Å². The summed E-state index contributed by atoms with van der Waals surface area (Å²) in [6.07, 6.45) is 1.19. The summed E-state index contributed by atoms with van der Waals surface area (Å²) in [4.78, 5) is 13.1. The van der Waals surface area contributed by atoms with Crippen LogP contribution in [0, 0.1) is 0 Å². The van der Waals surface area contributed by atoms with Gasteiger partial charge in [0.25, 0.3) is 8.32 Å². The van der Waals surface area contributed by atoms with E-state index in [4.69, 9.17) is 9.16 Å². The molecular weight excluding hydrogens is 490 g/mol. The van der Waals surface area contributed by atoms with Gasteiger partial charge in [0.15, 0.2) is 0 Å². The molecular formula is C32H39NO4Si. The SMILES string of the molecule is CCc1cccc2c1C(CO[Si](c1ccccc1)(c1ccccc1)C(C)(C)C)OC21CCN(C(=O)O)CC1. The second kappa shape index (κ2) is 10.3. The Labute approximate surface area is 227 Å². The first kappa shape index (κ1) is 26.7. The topological polar surface area (TPSA) is 59.0 Å². The van der Waals surface area contributed by atoms with Crippen molar-refractivity contribution in [2.45, 2.75) is 63.7 Å². The Morgan fingerprint density at radius 3 is 2.05 bits per heavy atom. The number of hydrogen-bond donors (Lipinski definition) is 1. The summed E-state index contributed by atoms with van der Waals surface area (Å²) < 4.78 is 14.3. The number of benzene rings is 3. The van der Waals surface area contributed by atoms with Gasteiger partial charge in [-0.3, -0.25) is 0 Å². The summed E-state index contributed by atoms with van der Waals surface area (Å²) in [5.74, 6) is 0. The number of aryl methyl sites for hydroxylation is 1. The molecule has 1 spiro atoms. The fourth-order valence-corrected chi connectivity index (χ4v) is 11.2. The molecule has 38 heavy (non-hydrogen) atoms. The van der Waals surface area contributed by atoms with Crippen LogP contribution < -0.4 is 10.4 Å². The number of carbonyl (C=O) groups is 1. The molecule has 6 heteroatoms. The van der Waals surface area contributed by atoms with E-state index in [1.165, 1.54) is 32.0 Å². The summed E-state index contributed by atoms with van der Waals surface area (Å²) in [5, 5.41) is 11.9. The molecule has 200 valence electrons. The molecule has 0 aliphatic carbocycles. The van der Waals surface area contributed by atoms with Crippen LogP contribution in [0.1, 0.15) is 63.3 Å². The second-order valence-corrected chi connectivity index (χ2v) is 15.9. The van der Waals surface area contributed by atoms with E-state index in [9.17, 15) is 9.90 Å². The number of carboxylic acid groups (broad SMARTS) is 1. The molecule has 3 aromatic rings. The van der Waals surface area contributed by atoms with Crippen LogP contribution in [0.2, 0.25) is 5.04 Å². The molecule has 1 fully saturated rings. The lowest BCUT2D eigenvalue weighted by Crippen LogP contribution is -2.66. The van der Waals surface area contributed by atoms with Gasteiger partial charge < -0.3 is 19.2 Å². The van der Waals surface area contributed by atoms with Crippen LogP contribution in [0.4, 0.5) is 4.79 Å². The fraction of sp³-hybridized carbons (Fsp3) is 0.406. The minimum atomic E-state index is -2.72. The van der Waals surface area contributed by atoms with E-state index in [0.29, 0.717) is 32.5 Å². The Bertz CT molecular complexity index is 1220. The first-order valence-corrected chi connectivity index (χ1v) is 15.7. The van der Waals surface area contributed by atoms with Crippen molar-refractivity contribution in [2.75, 3.05) is 19.7 Å². The molecule has 2 aliphatic heterocycles. The van der Waals surface area contributed by atoms with Crippen molar-refractivity contribution in [1.29, 1.82) is 0 Å². The zero-order valence-corrected chi connectivity index (χ0v) is 23.9. The van der Waals surface area contributed by atoms with Gasteiger partial charge in [-0.2, -0.15) is 0 Å². The zero-order valence-electron chi connectivity index (χ0n) is 22.9. The third-order valence-electron chi connectivity index (χ3n) is 8.47. The van der Waals surface area contributed by atoms with Crippen molar-refractivity contribution in [2.24, 2.45) is 0 Å². The maximum atomic E-state index is 11.6. The van der Waals surface area contributed by atoms with Crippen LogP contribution >= 0.6 is 0 Å². The van der Waals surface area contributed by atoms with Gasteiger partial charge >= 0.3 is 6.09 Å². The lowest BCUT2D eigenvalue weighted by atomic mass is 9.82. The van der Waals surface area contributed by atoms with Crippen molar-refractivity contribution in [3.8, 4) is 0 Å². The maximum Gasteiger partial charge on any atom is 0.407 e. The largest absolute Gasteiger partial charge is 0.465 e. The van der Waals surface area contributed by atoms with E-state index >= 15 is 0 Å². The van der Waals surface area contributed by atoms with Crippen LogP contribution in [0.5, 0.6) is 0 Å². The standard InChI is InChI=1S/C32H39NO4Si/c1-5-24-13-12-18-27-29(24)28(37-32(27)19-21-33(22-20-32)30(34)35)23-36-38(31(2,3)4,25-14-8-6-9-15-25)26-16-10-7-11-17-26/h6-18,28H,5,19-23H2,1-4H3,(H,34,35). The van der Waals surface area contributed by atoms with Gasteiger partial charge in [0.2, 0.25) is 0 Å². The molecule has 1 unspecified atom stereocenters. The smallest absolute Gasteiger partial charge is 0.407 e.